The number of rotatable bonds is 10. The molecule has 1 rings (SSSR count). The monoisotopic (exact) mass is 432 g/mol. The number of aliphatic hydroxyl groups excluding tert-OH is 1. The van der Waals surface area contributed by atoms with Gasteiger partial charge in [-0.3, -0.25) is 14.4 Å². The Morgan fingerprint density at radius 3 is 2.28 bits per heavy atom. The zero-order valence-corrected chi connectivity index (χ0v) is 17.9. The van der Waals surface area contributed by atoms with E-state index in [1.165, 1.54) is 11.8 Å². The number of carboxylic acids is 1. The maximum Gasteiger partial charge on any atom is 0.326 e. The fourth-order valence-electron chi connectivity index (χ4n) is 3.21. The molecule has 0 spiro atoms. The number of likely N-dealkylation sites (tertiary alicyclic amines) is 1. The number of carboxylic acid groups (broad SMARTS) is 1. The second-order valence-electron chi connectivity index (χ2n) is 7.73. The Morgan fingerprint density at radius 2 is 1.79 bits per heavy atom. The molecule has 10 nitrogen and oxygen atoms in total. The molecule has 1 saturated heterocycles. The lowest BCUT2D eigenvalue weighted by Crippen LogP contribution is -2.60. The van der Waals surface area contributed by atoms with E-state index in [0.29, 0.717) is 19.3 Å². The SMILES string of the molecule is CC(C)CC(N)C(=O)NC(C(=O)NC(CS)C(=O)N1CCCC1C(=O)O)C(C)O. The highest BCUT2D eigenvalue weighted by molar-refractivity contribution is 7.80. The average molecular weight is 433 g/mol. The van der Waals surface area contributed by atoms with E-state index in [2.05, 4.69) is 23.3 Å². The third-order valence-electron chi connectivity index (χ3n) is 4.74. The molecule has 0 aromatic rings. The molecule has 1 heterocycles. The number of nitrogens with two attached hydrogens (primary N) is 1. The smallest absolute Gasteiger partial charge is 0.326 e. The molecule has 0 saturated carbocycles. The first-order valence-electron chi connectivity index (χ1n) is 9.68. The van der Waals surface area contributed by atoms with Gasteiger partial charge in [-0.2, -0.15) is 12.6 Å². The van der Waals surface area contributed by atoms with Crippen LogP contribution in [0, 0.1) is 5.92 Å². The molecule has 3 amide bonds. The first-order valence-corrected chi connectivity index (χ1v) is 10.3. The number of aliphatic hydroxyl groups is 1. The van der Waals surface area contributed by atoms with Crippen molar-refractivity contribution in [2.75, 3.05) is 12.3 Å². The highest BCUT2D eigenvalue weighted by Gasteiger charge is 2.38. The zero-order chi connectivity index (χ0) is 22.3. The minimum Gasteiger partial charge on any atom is -0.480 e. The third kappa shape index (κ3) is 7.16. The van der Waals surface area contributed by atoms with Gasteiger partial charge >= 0.3 is 5.97 Å². The molecule has 0 aromatic carbocycles. The minimum atomic E-state index is -1.32. The Morgan fingerprint density at radius 1 is 1.17 bits per heavy atom. The van der Waals surface area contributed by atoms with Crippen molar-refractivity contribution in [2.45, 2.75) is 70.3 Å². The summed E-state index contributed by atoms with van der Waals surface area (Å²) in [6.45, 7) is 5.41. The Labute approximate surface area is 176 Å². The molecule has 0 aliphatic carbocycles. The van der Waals surface area contributed by atoms with Gasteiger partial charge < -0.3 is 31.5 Å². The molecule has 1 fully saturated rings. The number of carbonyl (C=O) groups is 4. The fraction of sp³-hybridized carbons (Fsp3) is 0.778. The molecule has 0 radical (unpaired) electrons. The number of thiol groups is 1. The summed E-state index contributed by atoms with van der Waals surface area (Å²) in [4.78, 5) is 50.1. The van der Waals surface area contributed by atoms with Crippen molar-refractivity contribution < 1.29 is 29.4 Å². The van der Waals surface area contributed by atoms with Gasteiger partial charge in [0.2, 0.25) is 17.7 Å². The number of aliphatic carboxylic acids is 1. The van der Waals surface area contributed by atoms with Gasteiger partial charge in [-0.05, 0) is 32.1 Å². The largest absolute Gasteiger partial charge is 0.480 e. The summed E-state index contributed by atoms with van der Waals surface area (Å²) in [5, 5.41) is 24.1. The van der Waals surface area contributed by atoms with Crippen LogP contribution in [0.5, 0.6) is 0 Å². The highest BCUT2D eigenvalue weighted by Crippen LogP contribution is 2.19. The van der Waals surface area contributed by atoms with Gasteiger partial charge in [-0.1, -0.05) is 13.8 Å². The van der Waals surface area contributed by atoms with Gasteiger partial charge in [0.1, 0.15) is 18.1 Å². The lowest BCUT2D eigenvalue weighted by atomic mass is 10.0. The van der Waals surface area contributed by atoms with Gasteiger partial charge in [-0.15, -0.1) is 0 Å². The van der Waals surface area contributed by atoms with E-state index in [1.807, 2.05) is 13.8 Å². The molecule has 166 valence electrons. The summed E-state index contributed by atoms with van der Waals surface area (Å²) in [7, 11) is 0. The Balaban J connectivity index is 2.82. The van der Waals surface area contributed by atoms with E-state index in [0.717, 1.165) is 0 Å². The molecular weight excluding hydrogens is 400 g/mol. The molecule has 5 atom stereocenters. The van der Waals surface area contributed by atoms with E-state index >= 15 is 0 Å². The second-order valence-corrected chi connectivity index (χ2v) is 8.10. The van der Waals surface area contributed by atoms with Crippen LogP contribution in [-0.2, 0) is 19.2 Å². The van der Waals surface area contributed by atoms with Crippen LogP contribution in [0.4, 0.5) is 0 Å². The molecule has 0 aromatic heterocycles. The molecule has 29 heavy (non-hydrogen) atoms. The first-order chi connectivity index (χ1) is 13.5. The number of amides is 3. The average Bonchev–Trinajstić information content (AvgIpc) is 3.12. The summed E-state index contributed by atoms with van der Waals surface area (Å²) in [6, 6.07) is -4.19. The second kappa shape index (κ2) is 11.4. The lowest BCUT2D eigenvalue weighted by Gasteiger charge is -2.29. The van der Waals surface area contributed by atoms with E-state index in [-0.39, 0.29) is 18.2 Å². The van der Waals surface area contributed by atoms with Crippen molar-refractivity contribution >= 4 is 36.3 Å². The standard InChI is InChI=1S/C18H32N4O6S/c1-9(2)7-11(19)15(24)21-14(10(3)23)16(25)20-12(8-29)17(26)22-6-4-5-13(22)18(27)28/h9-14,23,29H,4-8,19H2,1-3H3,(H,20,25)(H,21,24)(H,27,28). The summed E-state index contributed by atoms with van der Waals surface area (Å²) in [5.74, 6) is -2.93. The van der Waals surface area contributed by atoms with E-state index in [1.54, 1.807) is 0 Å². The number of hydrogen-bond acceptors (Lipinski definition) is 7. The van der Waals surface area contributed by atoms with Crippen molar-refractivity contribution in [3.8, 4) is 0 Å². The summed E-state index contributed by atoms with van der Waals surface area (Å²) >= 11 is 4.08. The quantitative estimate of drug-likeness (QED) is 0.234. The van der Waals surface area contributed by atoms with Crippen LogP contribution < -0.4 is 16.4 Å². The van der Waals surface area contributed by atoms with Gasteiger partial charge in [0.15, 0.2) is 0 Å². The predicted molar refractivity (Wildman–Crippen MR) is 109 cm³/mol. The maximum absolute atomic E-state index is 12.7. The van der Waals surface area contributed by atoms with Crippen LogP contribution >= 0.6 is 12.6 Å². The molecule has 5 unspecified atom stereocenters. The topological polar surface area (TPSA) is 162 Å². The lowest BCUT2D eigenvalue weighted by molar-refractivity contribution is -0.149. The predicted octanol–water partition coefficient (Wildman–Crippen LogP) is -1.28. The van der Waals surface area contributed by atoms with Gasteiger partial charge in [0.25, 0.3) is 0 Å². The highest BCUT2D eigenvalue weighted by atomic mass is 32.1. The number of nitrogens with zero attached hydrogens (tertiary/aromatic N) is 1. The van der Waals surface area contributed by atoms with Crippen molar-refractivity contribution in [3.05, 3.63) is 0 Å². The van der Waals surface area contributed by atoms with Gasteiger partial charge in [-0.25, -0.2) is 4.79 Å². The van der Waals surface area contributed by atoms with E-state index < -0.39 is 54.0 Å². The van der Waals surface area contributed by atoms with Crippen molar-refractivity contribution in [1.82, 2.24) is 15.5 Å². The van der Waals surface area contributed by atoms with Crippen LogP contribution in [0.15, 0.2) is 0 Å². The van der Waals surface area contributed by atoms with Crippen molar-refractivity contribution in [1.29, 1.82) is 0 Å². The van der Waals surface area contributed by atoms with Crippen molar-refractivity contribution in [3.63, 3.8) is 0 Å². The molecule has 0 bridgehead atoms. The van der Waals surface area contributed by atoms with Crippen LogP contribution in [0.3, 0.4) is 0 Å². The summed E-state index contributed by atoms with van der Waals surface area (Å²) < 4.78 is 0. The van der Waals surface area contributed by atoms with Crippen LogP contribution in [-0.4, -0.2) is 81.4 Å². The Bertz CT molecular complexity index is 615. The van der Waals surface area contributed by atoms with E-state index in [9.17, 15) is 29.4 Å². The van der Waals surface area contributed by atoms with Crippen molar-refractivity contribution in [2.24, 2.45) is 11.7 Å². The van der Waals surface area contributed by atoms with E-state index in [4.69, 9.17) is 5.73 Å². The normalized spacial score (nSPS) is 20.7. The third-order valence-corrected chi connectivity index (χ3v) is 5.11. The minimum absolute atomic E-state index is 0.0687. The van der Waals surface area contributed by atoms with Crippen LogP contribution in [0.1, 0.15) is 40.0 Å². The molecule has 1 aliphatic rings. The fourth-order valence-corrected chi connectivity index (χ4v) is 3.46. The molecular formula is C18H32N4O6S. The summed E-state index contributed by atoms with van der Waals surface area (Å²) in [5.41, 5.74) is 5.81. The Hall–Kier alpha value is -1.85. The Kier molecular flexibility index (Phi) is 9.87. The van der Waals surface area contributed by atoms with Gasteiger partial charge in [0.05, 0.1) is 12.1 Å². The summed E-state index contributed by atoms with van der Waals surface area (Å²) in [6.07, 6.45) is 0.0627. The van der Waals surface area contributed by atoms with Gasteiger partial charge in [0, 0.05) is 12.3 Å². The number of hydrogen-bond donors (Lipinski definition) is 6. The molecule has 6 N–H and O–H groups in total. The maximum atomic E-state index is 12.7. The first kappa shape index (κ1) is 25.2. The molecule has 1 aliphatic heterocycles. The zero-order valence-electron chi connectivity index (χ0n) is 17.0. The molecule has 11 heteroatoms. The number of carbonyl (C=O) groups excluding carboxylic acids is 3. The number of nitrogens with one attached hydrogen (secondary N) is 2. The van der Waals surface area contributed by atoms with Crippen LogP contribution in [0.25, 0.3) is 0 Å². The van der Waals surface area contributed by atoms with Crippen LogP contribution in [0.2, 0.25) is 0 Å².